The van der Waals surface area contributed by atoms with Crippen molar-refractivity contribution in [2.24, 2.45) is 5.41 Å². The molecule has 0 heterocycles. The average molecular weight is 142 g/mol. The maximum Gasteiger partial charge on any atom is 0.0468 e. The third-order valence-electron chi connectivity index (χ3n) is 1.19. The number of aliphatic hydroxyl groups excluding tert-OH is 1. The van der Waals surface area contributed by atoms with E-state index in [0.29, 0.717) is 0 Å². The van der Waals surface area contributed by atoms with E-state index in [9.17, 15) is 0 Å². The summed E-state index contributed by atoms with van der Waals surface area (Å²) in [5, 5.41) is 8.59. The van der Waals surface area contributed by atoms with Crippen molar-refractivity contribution in [1.29, 1.82) is 0 Å². The van der Waals surface area contributed by atoms with Crippen molar-refractivity contribution in [2.75, 3.05) is 6.61 Å². The summed E-state index contributed by atoms with van der Waals surface area (Å²) in [6.45, 7) is 8.80. The van der Waals surface area contributed by atoms with E-state index in [1.807, 2.05) is 0 Å². The smallest absolute Gasteiger partial charge is 0.0468 e. The standard InChI is InChI=1S/C9H18O/c1-8(5-6-10)7-9(2,3)4/h7,10H,5-6H2,1-4H3/b8-7+. The van der Waals surface area contributed by atoms with Gasteiger partial charge in [-0.05, 0) is 18.8 Å². The van der Waals surface area contributed by atoms with Crippen molar-refractivity contribution in [2.45, 2.75) is 34.1 Å². The Morgan fingerprint density at radius 2 is 1.90 bits per heavy atom. The second kappa shape index (κ2) is 3.77. The molecule has 0 fully saturated rings. The predicted octanol–water partition coefficient (Wildman–Crippen LogP) is 2.36. The van der Waals surface area contributed by atoms with Gasteiger partial charge in [-0.15, -0.1) is 0 Å². The molecule has 0 aliphatic rings. The van der Waals surface area contributed by atoms with Gasteiger partial charge in [0, 0.05) is 6.61 Å². The van der Waals surface area contributed by atoms with Crippen LogP contribution in [0.2, 0.25) is 0 Å². The van der Waals surface area contributed by atoms with E-state index in [1.54, 1.807) is 0 Å². The van der Waals surface area contributed by atoms with Gasteiger partial charge in [0.2, 0.25) is 0 Å². The highest BCUT2D eigenvalue weighted by Gasteiger charge is 2.05. The second-order valence-electron chi connectivity index (χ2n) is 3.83. The van der Waals surface area contributed by atoms with Crippen molar-refractivity contribution in [3.63, 3.8) is 0 Å². The number of allylic oxidation sites excluding steroid dienone is 1. The average Bonchev–Trinajstić information content (AvgIpc) is 1.59. The third-order valence-corrected chi connectivity index (χ3v) is 1.19. The van der Waals surface area contributed by atoms with Gasteiger partial charge in [-0.2, -0.15) is 0 Å². The van der Waals surface area contributed by atoms with Gasteiger partial charge >= 0.3 is 0 Å². The molecule has 0 aromatic carbocycles. The highest BCUT2D eigenvalue weighted by Crippen LogP contribution is 2.18. The minimum atomic E-state index is 0.249. The Hall–Kier alpha value is -0.300. The summed E-state index contributed by atoms with van der Waals surface area (Å²) in [5.74, 6) is 0. The first-order valence-electron chi connectivity index (χ1n) is 3.75. The fraction of sp³-hybridized carbons (Fsp3) is 0.778. The maximum absolute atomic E-state index is 8.59. The molecular weight excluding hydrogens is 124 g/mol. The van der Waals surface area contributed by atoms with Crippen LogP contribution in [0.5, 0.6) is 0 Å². The zero-order valence-corrected chi connectivity index (χ0v) is 7.44. The van der Waals surface area contributed by atoms with E-state index < -0.39 is 0 Å². The minimum absolute atomic E-state index is 0.249. The van der Waals surface area contributed by atoms with Crippen LogP contribution >= 0.6 is 0 Å². The molecule has 0 unspecified atom stereocenters. The monoisotopic (exact) mass is 142 g/mol. The Labute approximate surface area is 63.8 Å². The summed E-state index contributed by atoms with van der Waals surface area (Å²) < 4.78 is 0. The van der Waals surface area contributed by atoms with E-state index in [2.05, 4.69) is 33.8 Å². The summed E-state index contributed by atoms with van der Waals surface area (Å²) in [7, 11) is 0. The van der Waals surface area contributed by atoms with Crippen LogP contribution in [-0.4, -0.2) is 11.7 Å². The SMILES string of the molecule is C/C(=C\C(C)(C)C)CCO. The van der Waals surface area contributed by atoms with Crippen molar-refractivity contribution in [1.82, 2.24) is 0 Å². The molecule has 0 spiro atoms. The highest BCUT2D eigenvalue weighted by atomic mass is 16.2. The van der Waals surface area contributed by atoms with E-state index in [1.165, 1.54) is 5.57 Å². The Morgan fingerprint density at radius 1 is 1.40 bits per heavy atom. The molecule has 0 aromatic rings. The molecule has 10 heavy (non-hydrogen) atoms. The lowest BCUT2D eigenvalue weighted by molar-refractivity contribution is 0.298. The van der Waals surface area contributed by atoms with Crippen LogP contribution < -0.4 is 0 Å². The lowest BCUT2D eigenvalue weighted by atomic mass is 9.93. The molecule has 0 aliphatic carbocycles. The Kier molecular flexibility index (Phi) is 3.66. The van der Waals surface area contributed by atoms with Crippen LogP contribution in [0.15, 0.2) is 11.6 Å². The van der Waals surface area contributed by atoms with Crippen molar-refractivity contribution in [3.05, 3.63) is 11.6 Å². The number of hydrogen-bond donors (Lipinski definition) is 1. The Bertz CT molecular complexity index is 117. The summed E-state index contributed by atoms with van der Waals surface area (Å²) >= 11 is 0. The van der Waals surface area contributed by atoms with Crippen LogP contribution in [0.25, 0.3) is 0 Å². The fourth-order valence-electron chi connectivity index (χ4n) is 0.988. The molecule has 0 saturated carbocycles. The summed E-state index contributed by atoms with van der Waals surface area (Å²) in [6.07, 6.45) is 3.00. The normalized spacial score (nSPS) is 13.9. The van der Waals surface area contributed by atoms with Gasteiger partial charge in [0.05, 0.1) is 0 Å². The lowest BCUT2D eigenvalue weighted by Crippen LogP contribution is -2.01. The van der Waals surface area contributed by atoms with Crippen LogP contribution in [0, 0.1) is 5.41 Å². The summed E-state index contributed by atoms with van der Waals surface area (Å²) in [4.78, 5) is 0. The Morgan fingerprint density at radius 3 is 2.20 bits per heavy atom. The van der Waals surface area contributed by atoms with E-state index >= 15 is 0 Å². The van der Waals surface area contributed by atoms with Crippen molar-refractivity contribution < 1.29 is 5.11 Å². The number of hydrogen-bond acceptors (Lipinski definition) is 1. The molecule has 0 amide bonds. The van der Waals surface area contributed by atoms with Gasteiger partial charge in [0.25, 0.3) is 0 Å². The van der Waals surface area contributed by atoms with E-state index in [4.69, 9.17) is 5.11 Å². The fourth-order valence-corrected chi connectivity index (χ4v) is 0.988. The first-order chi connectivity index (χ1) is 4.45. The molecule has 0 bridgehead atoms. The van der Waals surface area contributed by atoms with Gasteiger partial charge in [-0.25, -0.2) is 0 Å². The van der Waals surface area contributed by atoms with Gasteiger partial charge in [0.1, 0.15) is 0 Å². The largest absolute Gasteiger partial charge is 0.396 e. The molecule has 0 atom stereocenters. The molecular formula is C9H18O. The molecule has 1 nitrogen and oxygen atoms in total. The van der Waals surface area contributed by atoms with Crippen LogP contribution in [-0.2, 0) is 0 Å². The van der Waals surface area contributed by atoms with E-state index in [0.717, 1.165) is 6.42 Å². The molecule has 0 rings (SSSR count). The molecule has 1 N–H and O–H groups in total. The molecule has 60 valence electrons. The molecule has 0 aromatic heterocycles. The topological polar surface area (TPSA) is 20.2 Å². The molecule has 0 saturated heterocycles. The Balaban J connectivity index is 3.90. The summed E-state index contributed by atoms with van der Waals surface area (Å²) in [6, 6.07) is 0. The van der Waals surface area contributed by atoms with Gasteiger partial charge in [0.15, 0.2) is 0 Å². The van der Waals surface area contributed by atoms with Gasteiger partial charge in [-0.3, -0.25) is 0 Å². The van der Waals surface area contributed by atoms with Crippen molar-refractivity contribution in [3.8, 4) is 0 Å². The lowest BCUT2D eigenvalue weighted by Gasteiger charge is -2.13. The first kappa shape index (κ1) is 9.70. The van der Waals surface area contributed by atoms with Gasteiger partial charge in [-0.1, -0.05) is 32.4 Å². The zero-order valence-electron chi connectivity index (χ0n) is 7.44. The minimum Gasteiger partial charge on any atom is -0.396 e. The second-order valence-corrected chi connectivity index (χ2v) is 3.83. The highest BCUT2D eigenvalue weighted by molar-refractivity contribution is 5.03. The summed E-state index contributed by atoms with van der Waals surface area (Å²) in [5.41, 5.74) is 1.52. The van der Waals surface area contributed by atoms with E-state index in [-0.39, 0.29) is 12.0 Å². The van der Waals surface area contributed by atoms with Crippen LogP contribution in [0.4, 0.5) is 0 Å². The maximum atomic E-state index is 8.59. The van der Waals surface area contributed by atoms with Gasteiger partial charge < -0.3 is 5.11 Å². The quantitative estimate of drug-likeness (QED) is 0.587. The van der Waals surface area contributed by atoms with Crippen LogP contribution in [0.3, 0.4) is 0 Å². The molecule has 1 heteroatoms. The first-order valence-corrected chi connectivity index (χ1v) is 3.75. The van der Waals surface area contributed by atoms with Crippen LogP contribution in [0.1, 0.15) is 34.1 Å². The number of rotatable bonds is 2. The van der Waals surface area contributed by atoms with Crippen molar-refractivity contribution >= 4 is 0 Å². The zero-order chi connectivity index (χ0) is 8.20. The number of aliphatic hydroxyl groups is 1. The third kappa shape index (κ3) is 5.83. The molecule has 0 radical (unpaired) electrons. The molecule has 0 aliphatic heterocycles. The predicted molar refractivity (Wildman–Crippen MR) is 44.9 cm³/mol.